The summed E-state index contributed by atoms with van der Waals surface area (Å²) in [7, 11) is 0. The quantitative estimate of drug-likeness (QED) is 0.625. The molecule has 6 nitrogen and oxygen atoms in total. The van der Waals surface area contributed by atoms with Crippen molar-refractivity contribution >= 4 is 5.91 Å². The lowest BCUT2D eigenvalue weighted by atomic mass is 10.2. The van der Waals surface area contributed by atoms with Crippen molar-refractivity contribution in [3.63, 3.8) is 0 Å². The molecule has 1 amide bonds. The second-order valence-corrected chi connectivity index (χ2v) is 3.27. The van der Waals surface area contributed by atoms with Crippen molar-refractivity contribution in [2.75, 3.05) is 6.54 Å². The highest BCUT2D eigenvalue weighted by atomic mass is 16.1. The van der Waals surface area contributed by atoms with E-state index >= 15 is 0 Å². The Kier molecular flexibility index (Phi) is 3.58. The van der Waals surface area contributed by atoms with Gasteiger partial charge in [0, 0.05) is 12.6 Å². The van der Waals surface area contributed by atoms with E-state index in [1.54, 1.807) is 17.8 Å². The number of nitrogens with zero attached hydrogens (tertiary/aromatic N) is 3. The van der Waals surface area contributed by atoms with Crippen LogP contribution < -0.4 is 11.5 Å². The first-order valence-electron chi connectivity index (χ1n) is 4.52. The van der Waals surface area contributed by atoms with E-state index in [1.807, 2.05) is 0 Å². The van der Waals surface area contributed by atoms with Crippen molar-refractivity contribution < 1.29 is 4.79 Å². The van der Waals surface area contributed by atoms with Crippen molar-refractivity contribution in [1.29, 1.82) is 0 Å². The summed E-state index contributed by atoms with van der Waals surface area (Å²) in [5, 5.41) is 7.76. The third-order valence-corrected chi connectivity index (χ3v) is 1.93. The largest absolute Gasteiger partial charge is 0.369 e. The van der Waals surface area contributed by atoms with E-state index < -0.39 is 0 Å². The molecule has 0 saturated heterocycles. The summed E-state index contributed by atoms with van der Waals surface area (Å²) in [5.41, 5.74) is 11.3. The van der Waals surface area contributed by atoms with Crippen LogP contribution in [0.2, 0.25) is 0 Å². The molecule has 0 aliphatic carbocycles. The van der Waals surface area contributed by atoms with Crippen LogP contribution in [-0.4, -0.2) is 27.4 Å². The highest BCUT2D eigenvalue weighted by Gasteiger charge is 2.10. The van der Waals surface area contributed by atoms with E-state index in [9.17, 15) is 4.79 Å². The molecule has 6 heteroatoms. The lowest BCUT2D eigenvalue weighted by Gasteiger charge is -2.05. The average molecular weight is 197 g/mol. The Bertz CT molecular complexity index is 308. The standard InChI is InChI=1S/C8H15N5O/c1-6(8(10)14)4-13-5-7(2-3-9)11-12-13/h5-6H,2-4,9H2,1H3,(H2,10,14). The minimum atomic E-state index is -0.333. The molecule has 1 unspecified atom stereocenters. The molecule has 78 valence electrons. The Balaban J connectivity index is 2.55. The van der Waals surface area contributed by atoms with Crippen LogP contribution in [0, 0.1) is 5.92 Å². The highest BCUT2D eigenvalue weighted by Crippen LogP contribution is 2.00. The molecule has 14 heavy (non-hydrogen) atoms. The molecule has 0 aliphatic rings. The molecule has 0 aromatic carbocycles. The SMILES string of the molecule is CC(Cn1cc(CCN)nn1)C(N)=O. The molecule has 0 bridgehead atoms. The van der Waals surface area contributed by atoms with E-state index in [-0.39, 0.29) is 11.8 Å². The van der Waals surface area contributed by atoms with Gasteiger partial charge >= 0.3 is 0 Å². The van der Waals surface area contributed by atoms with Crippen molar-refractivity contribution in [3.05, 3.63) is 11.9 Å². The molecule has 0 fully saturated rings. The summed E-state index contributed by atoms with van der Waals surface area (Å²) in [4.78, 5) is 10.8. The lowest BCUT2D eigenvalue weighted by Crippen LogP contribution is -2.24. The predicted molar refractivity (Wildman–Crippen MR) is 51.1 cm³/mol. The fourth-order valence-corrected chi connectivity index (χ4v) is 1.06. The van der Waals surface area contributed by atoms with Gasteiger partial charge < -0.3 is 11.5 Å². The summed E-state index contributed by atoms with van der Waals surface area (Å²) >= 11 is 0. The number of aromatic nitrogens is 3. The monoisotopic (exact) mass is 197 g/mol. The maximum Gasteiger partial charge on any atom is 0.222 e. The second kappa shape index (κ2) is 4.71. The van der Waals surface area contributed by atoms with Crippen molar-refractivity contribution in [2.24, 2.45) is 17.4 Å². The number of rotatable bonds is 5. The molecule has 1 rings (SSSR count). The number of hydrogen-bond acceptors (Lipinski definition) is 4. The van der Waals surface area contributed by atoms with Gasteiger partial charge in [-0.25, -0.2) is 0 Å². The van der Waals surface area contributed by atoms with Crippen LogP contribution in [0.3, 0.4) is 0 Å². The zero-order valence-electron chi connectivity index (χ0n) is 8.18. The first kappa shape index (κ1) is 10.6. The van der Waals surface area contributed by atoms with E-state index in [4.69, 9.17) is 11.5 Å². The van der Waals surface area contributed by atoms with Crippen molar-refractivity contribution in [3.8, 4) is 0 Å². The van der Waals surface area contributed by atoms with Gasteiger partial charge in [0.2, 0.25) is 5.91 Å². The first-order chi connectivity index (χ1) is 6.63. The van der Waals surface area contributed by atoms with E-state index in [0.717, 1.165) is 5.69 Å². The van der Waals surface area contributed by atoms with Gasteiger partial charge in [-0.2, -0.15) is 0 Å². The van der Waals surface area contributed by atoms with Crippen LogP contribution >= 0.6 is 0 Å². The third kappa shape index (κ3) is 2.81. The Labute approximate surface area is 82.3 Å². The summed E-state index contributed by atoms with van der Waals surface area (Å²) in [5.74, 6) is -0.566. The smallest absolute Gasteiger partial charge is 0.222 e. The highest BCUT2D eigenvalue weighted by molar-refractivity contribution is 5.76. The normalized spacial score (nSPS) is 12.7. The molecule has 0 aliphatic heterocycles. The lowest BCUT2D eigenvalue weighted by molar-refractivity contribution is -0.121. The Morgan fingerprint density at radius 1 is 1.71 bits per heavy atom. The molecule has 1 atom stereocenters. The molecule has 0 spiro atoms. The molecular weight excluding hydrogens is 182 g/mol. The van der Waals surface area contributed by atoms with Gasteiger partial charge in [-0.1, -0.05) is 12.1 Å². The maximum absolute atomic E-state index is 10.8. The van der Waals surface area contributed by atoms with Gasteiger partial charge in [0.15, 0.2) is 0 Å². The fraction of sp³-hybridized carbons (Fsp3) is 0.625. The topological polar surface area (TPSA) is 99.8 Å². The minimum Gasteiger partial charge on any atom is -0.369 e. The Morgan fingerprint density at radius 3 is 3.00 bits per heavy atom. The maximum atomic E-state index is 10.8. The van der Waals surface area contributed by atoms with Crippen LogP contribution in [0.25, 0.3) is 0 Å². The molecule has 0 radical (unpaired) electrons. The number of amides is 1. The van der Waals surface area contributed by atoms with Gasteiger partial charge in [0.1, 0.15) is 0 Å². The minimum absolute atomic E-state index is 0.234. The van der Waals surface area contributed by atoms with Gasteiger partial charge in [0.05, 0.1) is 18.2 Å². The van der Waals surface area contributed by atoms with E-state index in [2.05, 4.69) is 10.3 Å². The molecule has 1 aromatic rings. The van der Waals surface area contributed by atoms with Crippen LogP contribution in [0.5, 0.6) is 0 Å². The molecular formula is C8H15N5O. The van der Waals surface area contributed by atoms with E-state index in [0.29, 0.717) is 19.5 Å². The van der Waals surface area contributed by atoms with Crippen molar-refractivity contribution in [2.45, 2.75) is 19.9 Å². The summed E-state index contributed by atoms with van der Waals surface area (Å²) in [6.45, 7) is 2.77. The van der Waals surface area contributed by atoms with Gasteiger partial charge in [-0.15, -0.1) is 5.10 Å². The zero-order valence-corrected chi connectivity index (χ0v) is 8.18. The fourth-order valence-electron chi connectivity index (χ4n) is 1.06. The first-order valence-corrected chi connectivity index (χ1v) is 4.52. The molecule has 1 heterocycles. The van der Waals surface area contributed by atoms with Crippen LogP contribution in [0.1, 0.15) is 12.6 Å². The van der Waals surface area contributed by atoms with Crippen LogP contribution in [-0.2, 0) is 17.8 Å². The summed E-state index contributed by atoms with van der Waals surface area (Å²) in [6.07, 6.45) is 2.48. The van der Waals surface area contributed by atoms with Gasteiger partial charge in [0.25, 0.3) is 0 Å². The Morgan fingerprint density at radius 2 is 2.43 bits per heavy atom. The second-order valence-electron chi connectivity index (χ2n) is 3.27. The molecule has 4 N–H and O–H groups in total. The Hall–Kier alpha value is -1.43. The van der Waals surface area contributed by atoms with Gasteiger partial charge in [-0.05, 0) is 6.54 Å². The number of carbonyl (C=O) groups excluding carboxylic acids is 1. The molecule has 0 saturated carbocycles. The van der Waals surface area contributed by atoms with Crippen LogP contribution in [0.4, 0.5) is 0 Å². The number of primary amides is 1. The number of carbonyl (C=O) groups is 1. The van der Waals surface area contributed by atoms with Gasteiger partial charge in [-0.3, -0.25) is 9.48 Å². The summed E-state index contributed by atoms with van der Waals surface area (Å²) < 4.78 is 1.61. The number of hydrogen-bond donors (Lipinski definition) is 2. The predicted octanol–water partition coefficient (Wildman–Crippen LogP) is -1.10. The zero-order chi connectivity index (χ0) is 10.6. The summed E-state index contributed by atoms with van der Waals surface area (Å²) in [6, 6.07) is 0. The number of nitrogens with two attached hydrogens (primary N) is 2. The third-order valence-electron chi connectivity index (χ3n) is 1.93. The average Bonchev–Trinajstić information content (AvgIpc) is 2.53. The van der Waals surface area contributed by atoms with Crippen LogP contribution in [0.15, 0.2) is 6.20 Å². The van der Waals surface area contributed by atoms with E-state index in [1.165, 1.54) is 0 Å². The van der Waals surface area contributed by atoms with Crippen molar-refractivity contribution in [1.82, 2.24) is 15.0 Å². The molecule has 1 aromatic heterocycles.